The van der Waals surface area contributed by atoms with Crippen molar-refractivity contribution in [2.45, 2.75) is 19.4 Å². The lowest BCUT2D eigenvalue weighted by atomic mass is 9.98. The molecule has 0 fully saturated rings. The summed E-state index contributed by atoms with van der Waals surface area (Å²) in [5.41, 5.74) is 1.72. The van der Waals surface area contributed by atoms with Crippen molar-refractivity contribution < 1.29 is 18.8 Å². The molecule has 6 heteroatoms. The Morgan fingerprint density at radius 3 is 2.59 bits per heavy atom. The van der Waals surface area contributed by atoms with Crippen molar-refractivity contribution in [3.05, 3.63) is 78.2 Å². The van der Waals surface area contributed by atoms with Crippen LogP contribution in [0.4, 0.5) is 0 Å². The molecular weight excluding hydrogens is 368 g/mol. The van der Waals surface area contributed by atoms with E-state index < -0.39 is 5.92 Å². The SMILES string of the molecule is COc1ccc2cc([C@H](C)C(=O)OCc3nc(-c4ccccc4)no3)ccc2c1. The first-order chi connectivity index (χ1) is 14.1. The molecular formula is C23H20N2O4. The number of aromatic nitrogens is 2. The third-order valence-corrected chi connectivity index (χ3v) is 4.76. The molecule has 0 aliphatic carbocycles. The van der Waals surface area contributed by atoms with Gasteiger partial charge >= 0.3 is 5.97 Å². The number of methoxy groups -OCH3 is 1. The van der Waals surface area contributed by atoms with E-state index in [9.17, 15) is 4.79 Å². The standard InChI is InChI=1S/C23H20N2O4/c1-15(17-8-9-19-13-20(27-2)11-10-18(19)12-17)23(26)28-14-21-24-22(25-29-21)16-6-4-3-5-7-16/h3-13,15H,14H2,1-2H3/t15-/m0/s1. The molecule has 6 nitrogen and oxygen atoms in total. The number of carbonyl (C=O) groups excluding carboxylic acids is 1. The number of fused-ring (bicyclic) bond motifs is 1. The minimum atomic E-state index is -0.419. The topological polar surface area (TPSA) is 74.5 Å². The van der Waals surface area contributed by atoms with Crippen LogP contribution < -0.4 is 4.74 Å². The van der Waals surface area contributed by atoms with Crippen molar-refractivity contribution in [3.8, 4) is 17.1 Å². The van der Waals surface area contributed by atoms with Crippen LogP contribution in [0.3, 0.4) is 0 Å². The van der Waals surface area contributed by atoms with Crippen LogP contribution in [0.2, 0.25) is 0 Å². The van der Waals surface area contributed by atoms with Gasteiger partial charge in [0.2, 0.25) is 5.82 Å². The second kappa shape index (κ2) is 8.14. The molecule has 3 aromatic carbocycles. The molecule has 0 saturated carbocycles. The Kier molecular flexibility index (Phi) is 5.24. The second-order valence-corrected chi connectivity index (χ2v) is 6.68. The molecule has 4 aromatic rings. The van der Waals surface area contributed by atoms with Gasteiger partial charge in [-0.15, -0.1) is 0 Å². The fourth-order valence-electron chi connectivity index (χ4n) is 3.05. The summed E-state index contributed by atoms with van der Waals surface area (Å²) in [6.07, 6.45) is 0. The number of esters is 1. The second-order valence-electron chi connectivity index (χ2n) is 6.68. The number of rotatable bonds is 6. The molecule has 0 N–H and O–H groups in total. The predicted octanol–water partition coefficient (Wildman–Crippen LogP) is 4.75. The first kappa shape index (κ1) is 18.7. The maximum Gasteiger partial charge on any atom is 0.313 e. The average molecular weight is 388 g/mol. The Bertz CT molecular complexity index is 1140. The van der Waals surface area contributed by atoms with Crippen LogP contribution in [0.1, 0.15) is 24.3 Å². The van der Waals surface area contributed by atoms with Gasteiger partial charge in [0, 0.05) is 5.56 Å². The Balaban J connectivity index is 1.42. The molecule has 0 unspecified atom stereocenters. The maximum atomic E-state index is 12.5. The lowest BCUT2D eigenvalue weighted by Crippen LogP contribution is -2.13. The molecule has 29 heavy (non-hydrogen) atoms. The third-order valence-electron chi connectivity index (χ3n) is 4.76. The first-order valence-corrected chi connectivity index (χ1v) is 9.26. The van der Waals surface area contributed by atoms with Gasteiger partial charge in [0.15, 0.2) is 6.61 Å². The number of hydrogen-bond acceptors (Lipinski definition) is 6. The molecule has 4 rings (SSSR count). The maximum absolute atomic E-state index is 12.5. The molecule has 0 aliphatic heterocycles. The van der Waals surface area contributed by atoms with Gasteiger partial charge in [-0.25, -0.2) is 0 Å². The van der Waals surface area contributed by atoms with Gasteiger partial charge in [0.1, 0.15) is 5.75 Å². The van der Waals surface area contributed by atoms with Crippen molar-refractivity contribution in [2.24, 2.45) is 0 Å². The highest BCUT2D eigenvalue weighted by Gasteiger charge is 2.19. The van der Waals surface area contributed by atoms with Gasteiger partial charge in [-0.3, -0.25) is 4.79 Å². The predicted molar refractivity (Wildman–Crippen MR) is 108 cm³/mol. The van der Waals surface area contributed by atoms with Gasteiger partial charge in [0.05, 0.1) is 13.0 Å². The van der Waals surface area contributed by atoms with Crippen molar-refractivity contribution in [2.75, 3.05) is 7.11 Å². The number of benzene rings is 3. The van der Waals surface area contributed by atoms with E-state index in [0.717, 1.165) is 27.6 Å². The largest absolute Gasteiger partial charge is 0.497 e. The fraction of sp³-hybridized carbons (Fsp3) is 0.174. The molecule has 0 amide bonds. The van der Waals surface area contributed by atoms with Gasteiger partial charge in [-0.05, 0) is 35.4 Å². The number of ether oxygens (including phenoxy) is 2. The zero-order valence-electron chi connectivity index (χ0n) is 16.2. The summed E-state index contributed by atoms with van der Waals surface area (Å²) in [6.45, 7) is 1.75. The van der Waals surface area contributed by atoms with E-state index in [2.05, 4.69) is 10.1 Å². The molecule has 1 aromatic heterocycles. The van der Waals surface area contributed by atoms with Gasteiger partial charge in [-0.2, -0.15) is 4.98 Å². The molecule has 0 bridgehead atoms. The van der Waals surface area contributed by atoms with Crippen LogP contribution in [-0.2, 0) is 16.1 Å². The monoisotopic (exact) mass is 388 g/mol. The molecule has 0 aliphatic rings. The minimum absolute atomic E-state index is 0.0617. The van der Waals surface area contributed by atoms with Crippen LogP contribution in [0.25, 0.3) is 22.2 Å². The van der Waals surface area contributed by atoms with E-state index in [4.69, 9.17) is 14.0 Å². The molecule has 1 heterocycles. The Morgan fingerprint density at radius 1 is 1.03 bits per heavy atom. The van der Waals surface area contributed by atoms with E-state index in [1.54, 1.807) is 7.11 Å². The van der Waals surface area contributed by atoms with Crippen LogP contribution in [0.5, 0.6) is 5.75 Å². The summed E-state index contributed by atoms with van der Waals surface area (Å²) in [6, 6.07) is 21.2. The Labute approximate surface area is 168 Å². The zero-order valence-corrected chi connectivity index (χ0v) is 16.2. The third kappa shape index (κ3) is 4.11. The summed E-state index contributed by atoms with van der Waals surface area (Å²) < 4.78 is 15.8. The van der Waals surface area contributed by atoms with E-state index in [1.807, 2.05) is 73.7 Å². The van der Waals surface area contributed by atoms with E-state index in [-0.39, 0.29) is 18.5 Å². The van der Waals surface area contributed by atoms with E-state index >= 15 is 0 Å². The highest BCUT2D eigenvalue weighted by molar-refractivity contribution is 5.86. The number of hydrogen-bond donors (Lipinski definition) is 0. The summed E-state index contributed by atoms with van der Waals surface area (Å²) in [7, 11) is 1.64. The molecule has 0 saturated heterocycles. The highest BCUT2D eigenvalue weighted by Crippen LogP contribution is 2.26. The van der Waals surface area contributed by atoms with Crippen molar-refractivity contribution in [3.63, 3.8) is 0 Å². The molecule has 146 valence electrons. The summed E-state index contributed by atoms with van der Waals surface area (Å²) in [5, 5.41) is 6.01. The lowest BCUT2D eigenvalue weighted by molar-refractivity contribution is -0.147. The highest BCUT2D eigenvalue weighted by atomic mass is 16.6. The van der Waals surface area contributed by atoms with Gasteiger partial charge < -0.3 is 14.0 Å². The number of nitrogens with zero attached hydrogens (tertiary/aromatic N) is 2. The smallest absolute Gasteiger partial charge is 0.313 e. The van der Waals surface area contributed by atoms with Gasteiger partial charge in [0.25, 0.3) is 5.89 Å². The quantitative estimate of drug-likeness (QED) is 0.444. The molecule has 0 radical (unpaired) electrons. The lowest BCUT2D eigenvalue weighted by Gasteiger charge is -2.12. The van der Waals surface area contributed by atoms with E-state index in [0.29, 0.717) is 5.82 Å². The average Bonchev–Trinajstić information content (AvgIpc) is 3.26. The van der Waals surface area contributed by atoms with Gasteiger partial charge in [-0.1, -0.05) is 59.8 Å². The summed E-state index contributed by atoms with van der Waals surface area (Å²) in [4.78, 5) is 16.8. The minimum Gasteiger partial charge on any atom is -0.497 e. The van der Waals surface area contributed by atoms with Crippen LogP contribution >= 0.6 is 0 Å². The van der Waals surface area contributed by atoms with Crippen molar-refractivity contribution in [1.82, 2.24) is 10.1 Å². The van der Waals surface area contributed by atoms with Crippen LogP contribution in [0, 0.1) is 0 Å². The summed E-state index contributed by atoms with van der Waals surface area (Å²) in [5.74, 6) is 0.757. The van der Waals surface area contributed by atoms with E-state index in [1.165, 1.54) is 0 Å². The fourth-order valence-corrected chi connectivity index (χ4v) is 3.05. The normalized spacial score (nSPS) is 11.9. The van der Waals surface area contributed by atoms with Crippen LogP contribution in [0.15, 0.2) is 71.3 Å². The van der Waals surface area contributed by atoms with Crippen LogP contribution in [-0.4, -0.2) is 23.2 Å². The Hall–Kier alpha value is -3.67. The first-order valence-electron chi connectivity index (χ1n) is 9.26. The number of carbonyl (C=O) groups is 1. The van der Waals surface area contributed by atoms with Crippen molar-refractivity contribution in [1.29, 1.82) is 0 Å². The zero-order chi connectivity index (χ0) is 20.2. The Morgan fingerprint density at radius 2 is 1.79 bits per heavy atom. The molecule has 0 spiro atoms. The summed E-state index contributed by atoms with van der Waals surface area (Å²) >= 11 is 0. The van der Waals surface area contributed by atoms with Crippen molar-refractivity contribution >= 4 is 16.7 Å². The molecule has 1 atom stereocenters.